The highest BCUT2D eigenvalue weighted by molar-refractivity contribution is 7.89. The summed E-state index contributed by atoms with van der Waals surface area (Å²) in [6.45, 7) is 21.0. The van der Waals surface area contributed by atoms with Crippen LogP contribution >= 0.6 is 0 Å². The zero-order valence-corrected chi connectivity index (χ0v) is 20.4. The summed E-state index contributed by atoms with van der Waals surface area (Å²) in [6, 6.07) is 6.71. The molecule has 29 heavy (non-hydrogen) atoms. The molecule has 1 aromatic rings. The summed E-state index contributed by atoms with van der Waals surface area (Å²) in [5, 5.41) is 0.0692. The second-order valence-corrected chi connectivity index (χ2v) is 15.9. The van der Waals surface area contributed by atoms with Gasteiger partial charge in [-0.05, 0) is 49.2 Å². The minimum atomic E-state index is -3.62. The van der Waals surface area contributed by atoms with Crippen molar-refractivity contribution in [1.82, 2.24) is 4.31 Å². The smallest absolute Gasteiger partial charge is 0.243 e. The van der Waals surface area contributed by atoms with Crippen LogP contribution in [-0.4, -0.2) is 39.7 Å². The molecule has 2 rings (SSSR count). The van der Waals surface area contributed by atoms with Crippen molar-refractivity contribution in [2.75, 3.05) is 6.54 Å². The van der Waals surface area contributed by atoms with Crippen LogP contribution in [0.15, 0.2) is 66.1 Å². The largest absolute Gasteiger partial charge is 0.410 e. The van der Waals surface area contributed by atoms with E-state index in [1.807, 2.05) is 25.1 Å². The number of sulfonamides is 1. The predicted octanol–water partition coefficient (Wildman–Crippen LogP) is 5.45. The molecule has 2 atom stereocenters. The van der Waals surface area contributed by atoms with Crippen molar-refractivity contribution in [3.8, 4) is 0 Å². The molecule has 0 amide bonds. The molecule has 0 aromatic heterocycles. The first kappa shape index (κ1) is 23.8. The molecule has 0 N–H and O–H groups in total. The van der Waals surface area contributed by atoms with Gasteiger partial charge in [-0.1, -0.05) is 63.3 Å². The summed E-state index contributed by atoms with van der Waals surface area (Å²) >= 11 is 0. The standard InChI is InChI=1S/C23H35NO3SSi/c1-9-19-15-20(16-21(10-2)27-29(7,8)23(4,5)6)24(17-19)28(25,26)22-13-11-18(3)12-14-22/h9-15,20-21H,1-2,16-17H2,3-8H3/t20-,21+/m0/s1. The van der Waals surface area contributed by atoms with E-state index in [2.05, 4.69) is 47.0 Å². The fraction of sp³-hybridized carbons (Fsp3) is 0.478. The first-order valence-corrected chi connectivity index (χ1v) is 14.4. The van der Waals surface area contributed by atoms with E-state index in [1.54, 1.807) is 28.6 Å². The average molecular weight is 434 g/mol. The van der Waals surface area contributed by atoms with Crippen LogP contribution in [0.2, 0.25) is 18.1 Å². The Labute approximate surface area is 178 Å². The van der Waals surface area contributed by atoms with Gasteiger partial charge in [0.2, 0.25) is 10.0 Å². The molecule has 4 nitrogen and oxygen atoms in total. The van der Waals surface area contributed by atoms with Gasteiger partial charge in [0.25, 0.3) is 0 Å². The van der Waals surface area contributed by atoms with E-state index in [0.29, 0.717) is 17.9 Å². The second-order valence-electron chi connectivity index (χ2n) is 9.26. The molecule has 1 aliphatic rings. The van der Waals surface area contributed by atoms with Gasteiger partial charge in [0.05, 0.1) is 11.0 Å². The number of hydrogen-bond acceptors (Lipinski definition) is 3. The molecule has 160 valence electrons. The summed E-state index contributed by atoms with van der Waals surface area (Å²) in [5.41, 5.74) is 1.95. The van der Waals surface area contributed by atoms with Crippen LogP contribution in [0.1, 0.15) is 32.8 Å². The van der Waals surface area contributed by atoms with Gasteiger partial charge in [-0.25, -0.2) is 8.42 Å². The maximum atomic E-state index is 13.3. The van der Waals surface area contributed by atoms with E-state index in [1.165, 1.54) is 0 Å². The predicted molar refractivity (Wildman–Crippen MR) is 124 cm³/mol. The van der Waals surface area contributed by atoms with Crippen molar-refractivity contribution in [3.05, 3.63) is 66.8 Å². The Morgan fingerprint density at radius 2 is 1.83 bits per heavy atom. The summed E-state index contributed by atoms with van der Waals surface area (Å²) in [4.78, 5) is 0.312. The molecular formula is C23H35NO3SSi. The lowest BCUT2D eigenvalue weighted by molar-refractivity contribution is 0.194. The summed E-state index contributed by atoms with van der Waals surface area (Å²) in [7, 11) is -5.62. The zero-order valence-electron chi connectivity index (χ0n) is 18.6. The fourth-order valence-electron chi connectivity index (χ4n) is 3.09. The van der Waals surface area contributed by atoms with E-state index in [4.69, 9.17) is 4.43 Å². The van der Waals surface area contributed by atoms with E-state index >= 15 is 0 Å². The van der Waals surface area contributed by atoms with E-state index in [0.717, 1.165) is 11.1 Å². The molecule has 0 fully saturated rings. The maximum Gasteiger partial charge on any atom is 0.243 e. The lowest BCUT2D eigenvalue weighted by Gasteiger charge is -2.39. The number of hydrogen-bond donors (Lipinski definition) is 0. The average Bonchev–Trinajstić information content (AvgIpc) is 3.04. The Morgan fingerprint density at radius 1 is 1.24 bits per heavy atom. The van der Waals surface area contributed by atoms with Crippen LogP contribution in [0.4, 0.5) is 0 Å². The molecule has 0 saturated heterocycles. The van der Waals surface area contributed by atoms with Gasteiger partial charge in [-0.15, -0.1) is 6.58 Å². The SMILES string of the molecule is C=CC1=C[C@@H](C[C@@H](C=C)O[Si](C)(C)C(C)(C)C)N(S(=O)(=O)c2ccc(C)cc2)C1. The maximum absolute atomic E-state index is 13.3. The van der Waals surface area contributed by atoms with Crippen molar-refractivity contribution >= 4 is 18.3 Å². The first-order valence-electron chi connectivity index (χ1n) is 10.0. The summed E-state index contributed by atoms with van der Waals surface area (Å²) in [5.74, 6) is 0. The van der Waals surface area contributed by atoms with Gasteiger partial charge >= 0.3 is 0 Å². The Kier molecular flexibility index (Phi) is 7.16. The van der Waals surface area contributed by atoms with Crippen LogP contribution in [0, 0.1) is 6.92 Å². The van der Waals surface area contributed by atoms with Gasteiger partial charge in [0.1, 0.15) is 0 Å². The normalized spacial score (nSPS) is 19.7. The molecule has 1 heterocycles. The van der Waals surface area contributed by atoms with Crippen molar-refractivity contribution in [3.63, 3.8) is 0 Å². The van der Waals surface area contributed by atoms with Gasteiger partial charge in [0.15, 0.2) is 8.32 Å². The van der Waals surface area contributed by atoms with Crippen LogP contribution in [0.3, 0.4) is 0 Å². The van der Waals surface area contributed by atoms with E-state index < -0.39 is 18.3 Å². The Morgan fingerprint density at radius 3 is 2.31 bits per heavy atom. The summed E-state index contributed by atoms with van der Waals surface area (Å²) < 4.78 is 34.7. The van der Waals surface area contributed by atoms with Gasteiger partial charge in [-0.3, -0.25) is 0 Å². The molecule has 1 aliphatic heterocycles. The Bertz CT molecular complexity index is 880. The highest BCUT2D eigenvalue weighted by atomic mass is 32.2. The van der Waals surface area contributed by atoms with Crippen LogP contribution in [0.5, 0.6) is 0 Å². The number of benzene rings is 1. The zero-order chi connectivity index (χ0) is 22.0. The molecule has 1 aromatic carbocycles. The number of rotatable bonds is 8. The lowest BCUT2D eigenvalue weighted by atomic mass is 10.1. The van der Waals surface area contributed by atoms with Gasteiger partial charge in [-0.2, -0.15) is 4.31 Å². The minimum Gasteiger partial charge on any atom is -0.410 e. The Hall–Kier alpha value is -1.47. The van der Waals surface area contributed by atoms with Crippen LogP contribution < -0.4 is 0 Å². The molecule has 0 saturated carbocycles. The molecular weight excluding hydrogens is 398 g/mol. The van der Waals surface area contributed by atoms with Gasteiger partial charge < -0.3 is 4.43 Å². The molecule has 0 unspecified atom stereocenters. The molecule has 6 heteroatoms. The van der Waals surface area contributed by atoms with Crippen molar-refractivity contribution < 1.29 is 12.8 Å². The van der Waals surface area contributed by atoms with Crippen LogP contribution in [0.25, 0.3) is 0 Å². The molecule has 0 aliphatic carbocycles. The quantitative estimate of drug-likeness (QED) is 0.405. The monoisotopic (exact) mass is 433 g/mol. The third-order valence-corrected chi connectivity index (χ3v) is 12.4. The number of nitrogens with zero attached hydrogens (tertiary/aromatic N) is 1. The Balaban J connectivity index is 2.30. The molecule has 0 spiro atoms. The fourth-order valence-corrected chi connectivity index (χ4v) is 5.97. The lowest BCUT2D eigenvalue weighted by Crippen LogP contribution is -2.45. The van der Waals surface area contributed by atoms with Crippen molar-refractivity contribution in [2.24, 2.45) is 0 Å². The van der Waals surface area contributed by atoms with E-state index in [-0.39, 0.29) is 17.2 Å². The van der Waals surface area contributed by atoms with Crippen LogP contribution in [-0.2, 0) is 14.4 Å². The highest BCUT2D eigenvalue weighted by Gasteiger charge is 2.41. The van der Waals surface area contributed by atoms with E-state index in [9.17, 15) is 8.42 Å². The molecule has 0 bridgehead atoms. The third kappa shape index (κ3) is 5.37. The molecule has 0 radical (unpaired) electrons. The van der Waals surface area contributed by atoms with Crippen molar-refractivity contribution in [2.45, 2.75) is 69.3 Å². The summed E-state index contributed by atoms with van der Waals surface area (Å²) in [6.07, 6.45) is 5.85. The first-order chi connectivity index (χ1) is 13.3. The highest BCUT2D eigenvalue weighted by Crippen LogP contribution is 2.38. The topological polar surface area (TPSA) is 46.6 Å². The van der Waals surface area contributed by atoms with Crippen molar-refractivity contribution in [1.29, 1.82) is 0 Å². The third-order valence-electron chi connectivity index (χ3n) is 5.99. The number of aryl methyl sites for hydroxylation is 1. The van der Waals surface area contributed by atoms with Gasteiger partial charge in [0, 0.05) is 12.6 Å². The minimum absolute atomic E-state index is 0.0692. The second kappa shape index (κ2) is 8.72.